The topological polar surface area (TPSA) is 128 Å². The molecule has 1 aliphatic heterocycles. The van der Waals surface area contributed by atoms with Crippen LogP contribution >= 0.6 is 0 Å². The van der Waals surface area contributed by atoms with Gasteiger partial charge < -0.3 is 22.9 Å². The first-order chi connectivity index (χ1) is 7.02. The zero-order chi connectivity index (χ0) is 11.2. The van der Waals surface area contributed by atoms with E-state index in [0.717, 1.165) is 10.6 Å². The van der Waals surface area contributed by atoms with Gasteiger partial charge in [0.1, 0.15) is 0 Å². The molecule has 9 N–H and O–H groups in total. The van der Waals surface area contributed by atoms with Gasteiger partial charge in [0.15, 0.2) is 0 Å². The van der Waals surface area contributed by atoms with Gasteiger partial charge in [0.05, 0.1) is 29.3 Å². The summed E-state index contributed by atoms with van der Waals surface area (Å²) in [6.45, 7) is 0.256. The summed E-state index contributed by atoms with van der Waals surface area (Å²) < 4.78 is 0. The van der Waals surface area contributed by atoms with E-state index in [0.29, 0.717) is 22.6 Å². The Morgan fingerprint density at radius 2 is 1.60 bits per heavy atom. The predicted molar refractivity (Wildman–Crippen MR) is 60.5 cm³/mol. The van der Waals surface area contributed by atoms with Crippen LogP contribution in [0, 0.1) is 0 Å². The van der Waals surface area contributed by atoms with Crippen LogP contribution in [0.25, 0.3) is 6.08 Å². The van der Waals surface area contributed by atoms with Gasteiger partial charge in [-0.05, 0) is 6.08 Å². The van der Waals surface area contributed by atoms with Crippen molar-refractivity contribution in [2.45, 2.75) is 6.54 Å². The zero-order valence-electron chi connectivity index (χ0n) is 8.07. The molecule has 2 rings (SSSR count). The minimum Gasteiger partial charge on any atom is -0.397 e. The second-order valence-corrected chi connectivity index (χ2v) is 3.46. The van der Waals surface area contributed by atoms with Gasteiger partial charge in [0.25, 0.3) is 0 Å². The molecule has 0 saturated heterocycles. The molecular weight excluding hydrogens is 194 g/mol. The van der Waals surface area contributed by atoms with Crippen LogP contribution in [0.2, 0.25) is 0 Å². The lowest BCUT2D eigenvalue weighted by atomic mass is 9.98. The third-order valence-corrected chi connectivity index (χ3v) is 2.54. The summed E-state index contributed by atoms with van der Waals surface area (Å²) >= 11 is 0. The highest BCUT2D eigenvalue weighted by Gasteiger charge is 2.19. The summed E-state index contributed by atoms with van der Waals surface area (Å²) in [6, 6.07) is 0. The number of hydrogen-bond donors (Lipinski definition) is 5. The van der Waals surface area contributed by atoms with Crippen LogP contribution in [0.5, 0.6) is 0 Å². The second kappa shape index (κ2) is 2.96. The third kappa shape index (κ3) is 1.23. The first kappa shape index (κ1) is 9.47. The average molecular weight is 207 g/mol. The number of anilines is 4. The van der Waals surface area contributed by atoms with Gasteiger partial charge in [-0.15, -0.1) is 0 Å². The van der Waals surface area contributed by atoms with Crippen LogP contribution in [0.1, 0.15) is 11.1 Å². The van der Waals surface area contributed by atoms with Crippen LogP contribution in [0.15, 0.2) is 6.20 Å². The molecule has 1 heterocycles. The van der Waals surface area contributed by atoms with E-state index in [2.05, 4.69) is 0 Å². The number of nitrogens with two attached hydrogens (primary N) is 4. The van der Waals surface area contributed by atoms with Gasteiger partial charge in [0, 0.05) is 17.3 Å². The maximum Gasteiger partial charge on any atom is 0.0809 e. The summed E-state index contributed by atoms with van der Waals surface area (Å²) in [6.07, 6.45) is 3.15. The third-order valence-electron chi connectivity index (χ3n) is 2.54. The fourth-order valence-corrected chi connectivity index (χ4v) is 1.64. The maximum atomic E-state index is 9.31. The van der Waals surface area contributed by atoms with Gasteiger partial charge >= 0.3 is 0 Å². The predicted octanol–water partition coefficient (Wildman–Crippen LogP) is 0.191. The molecular formula is C9H13N5O. The SMILES string of the molecule is Nc1c(N)c(N)c2c(c1N)C=CN(O)C2. The van der Waals surface area contributed by atoms with Crippen molar-refractivity contribution < 1.29 is 5.21 Å². The highest BCUT2D eigenvalue weighted by atomic mass is 16.5. The molecule has 0 aliphatic carbocycles. The molecule has 15 heavy (non-hydrogen) atoms. The number of rotatable bonds is 0. The highest BCUT2D eigenvalue weighted by Crippen LogP contribution is 2.39. The van der Waals surface area contributed by atoms with E-state index in [1.165, 1.54) is 6.20 Å². The minimum absolute atomic E-state index is 0.256. The van der Waals surface area contributed by atoms with Crippen LogP contribution in [-0.2, 0) is 6.54 Å². The van der Waals surface area contributed by atoms with Crippen LogP contribution in [-0.4, -0.2) is 10.3 Å². The van der Waals surface area contributed by atoms with Crippen LogP contribution in [0.3, 0.4) is 0 Å². The molecule has 0 spiro atoms. The molecule has 0 fully saturated rings. The lowest BCUT2D eigenvalue weighted by Crippen LogP contribution is -2.19. The second-order valence-electron chi connectivity index (χ2n) is 3.46. The molecule has 1 aliphatic rings. The largest absolute Gasteiger partial charge is 0.397 e. The molecule has 6 heteroatoms. The Labute approximate surface area is 86.7 Å². The van der Waals surface area contributed by atoms with Crippen molar-refractivity contribution in [3.8, 4) is 0 Å². The van der Waals surface area contributed by atoms with Crippen molar-refractivity contribution in [2.24, 2.45) is 0 Å². The molecule has 0 aromatic heterocycles. The van der Waals surface area contributed by atoms with E-state index in [1.54, 1.807) is 6.08 Å². The summed E-state index contributed by atoms with van der Waals surface area (Å²) in [7, 11) is 0. The molecule has 0 unspecified atom stereocenters. The lowest BCUT2D eigenvalue weighted by Gasteiger charge is -2.23. The number of nitrogen functional groups attached to an aromatic ring is 4. The first-order valence-corrected chi connectivity index (χ1v) is 4.40. The Morgan fingerprint density at radius 3 is 2.27 bits per heavy atom. The maximum absolute atomic E-state index is 9.31. The van der Waals surface area contributed by atoms with Gasteiger partial charge in [-0.2, -0.15) is 0 Å². The van der Waals surface area contributed by atoms with E-state index in [9.17, 15) is 5.21 Å². The van der Waals surface area contributed by atoms with Gasteiger partial charge in [0.2, 0.25) is 0 Å². The number of nitrogens with zero attached hydrogens (tertiary/aromatic N) is 1. The smallest absolute Gasteiger partial charge is 0.0809 e. The van der Waals surface area contributed by atoms with Gasteiger partial charge in [-0.1, -0.05) is 0 Å². The van der Waals surface area contributed by atoms with E-state index in [4.69, 9.17) is 22.9 Å². The Morgan fingerprint density at radius 1 is 1.00 bits per heavy atom. The molecule has 0 radical (unpaired) electrons. The molecule has 1 aromatic carbocycles. The van der Waals surface area contributed by atoms with Crippen molar-refractivity contribution in [3.63, 3.8) is 0 Å². The zero-order valence-corrected chi connectivity index (χ0v) is 8.07. The van der Waals surface area contributed by atoms with E-state index in [-0.39, 0.29) is 12.2 Å². The summed E-state index contributed by atoms with van der Waals surface area (Å²) in [5.74, 6) is 0. The fraction of sp³-hybridized carbons (Fsp3) is 0.111. The molecule has 1 aromatic rings. The molecule has 80 valence electrons. The summed E-state index contributed by atoms with van der Waals surface area (Å²) in [5.41, 5.74) is 25.8. The molecule has 0 amide bonds. The molecule has 6 nitrogen and oxygen atoms in total. The van der Waals surface area contributed by atoms with Crippen molar-refractivity contribution in [3.05, 3.63) is 17.3 Å². The van der Waals surface area contributed by atoms with Crippen molar-refractivity contribution in [1.82, 2.24) is 5.06 Å². The molecule has 0 atom stereocenters. The highest BCUT2D eigenvalue weighted by molar-refractivity contribution is 5.94. The number of hydrogen-bond acceptors (Lipinski definition) is 6. The summed E-state index contributed by atoms with van der Waals surface area (Å²) in [5, 5.41) is 10.3. The number of hydroxylamine groups is 2. The van der Waals surface area contributed by atoms with Crippen LogP contribution in [0.4, 0.5) is 22.7 Å². The van der Waals surface area contributed by atoms with E-state index >= 15 is 0 Å². The molecule has 0 bridgehead atoms. The summed E-state index contributed by atoms with van der Waals surface area (Å²) in [4.78, 5) is 0. The first-order valence-electron chi connectivity index (χ1n) is 4.40. The number of fused-ring (bicyclic) bond motifs is 1. The van der Waals surface area contributed by atoms with Gasteiger partial charge in [-0.3, -0.25) is 10.3 Å². The van der Waals surface area contributed by atoms with E-state index in [1.807, 2.05) is 0 Å². The lowest BCUT2D eigenvalue weighted by molar-refractivity contribution is -0.0492. The quantitative estimate of drug-likeness (QED) is 0.386. The Bertz CT molecular complexity index is 455. The van der Waals surface area contributed by atoms with Crippen molar-refractivity contribution in [2.75, 3.05) is 22.9 Å². The Kier molecular flexibility index (Phi) is 1.87. The Balaban J connectivity index is 2.74. The van der Waals surface area contributed by atoms with E-state index < -0.39 is 0 Å². The van der Waals surface area contributed by atoms with Crippen molar-refractivity contribution >= 4 is 28.8 Å². The Hall–Kier alpha value is -2.08. The minimum atomic E-state index is 0.256. The van der Waals surface area contributed by atoms with Gasteiger partial charge in [-0.25, -0.2) is 0 Å². The number of benzene rings is 1. The normalized spacial score (nSPS) is 14.1. The standard InChI is InChI=1S/C9H13N5O/c10-6-4-1-2-14(15)3-5(4)7(11)9(13)8(6)12/h1-2,15H,3,10-13H2. The van der Waals surface area contributed by atoms with Crippen molar-refractivity contribution in [1.29, 1.82) is 0 Å². The molecule has 0 saturated carbocycles. The van der Waals surface area contributed by atoms with Crippen LogP contribution < -0.4 is 22.9 Å². The monoisotopic (exact) mass is 207 g/mol. The average Bonchev–Trinajstić information content (AvgIpc) is 2.23. The fourth-order valence-electron chi connectivity index (χ4n) is 1.64.